The highest BCUT2D eigenvalue weighted by atomic mass is 32.2. The normalized spacial score (nSPS) is 11.4. The van der Waals surface area contributed by atoms with E-state index >= 15 is 0 Å². The van der Waals surface area contributed by atoms with E-state index in [2.05, 4.69) is 59.0 Å². The van der Waals surface area contributed by atoms with Gasteiger partial charge in [0.25, 0.3) is 5.91 Å². The highest BCUT2D eigenvalue weighted by Gasteiger charge is 2.22. The van der Waals surface area contributed by atoms with Gasteiger partial charge >= 0.3 is 5.97 Å². The first-order valence-corrected chi connectivity index (χ1v) is 26.1. The van der Waals surface area contributed by atoms with Gasteiger partial charge in [-0.3, -0.25) is 24.6 Å². The number of nitrogens with zero attached hydrogens (tertiary/aromatic N) is 3. The molecule has 0 aliphatic carbocycles. The molecule has 1 atom stereocenters. The molecule has 6 aromatic rings. The second-order valence-corrected chi connectivity index (χ2v) is 18.1. The molecule has 406 valence electrons. The number of amides is 3. The molecule has 1 unspecified atom stereocenters. The monoisotopic (exact) mass is 1070 g/mol. The summed E-state index contributed by atoms with van der Waals surface area (Å²) in [5, 5.41) is 34.3. The van der Waals surface area contributed by atoms with Crippen LogP contribution in [-0.4, -0.2) is 103 Å². The largest absolute Gasteiger partial charge is 0.493 e. The van der Waals surface area contributed by atoms with Gasteiger partial charge in [-0.2, -0.15) is 5.10 Å². The van der Waals surface area contributed by atoms with Crippen LogP contribution in [0.3, 0.4) is 0 Å². The number of benzene rings is 4. The van der Waals surface area contributed by atoms with Gasteiger partial charge in [0.2, 0.25) is 17.7 Å². The van der Waals surface area contributed by atoms with E-state index in [0.717, 1.165) is 53.7 Å². The smallest absolute Gasteiger partial charge is 0.303 e. The Balaban J connectivity index is 0.896. The summed E-state index contributed by atoms with van der Waals surface area (Å²) in [4.78, 5) is 60.4. The van der Waals surface area contributed by atoms with Crippen molar-refractivity contribution in [2.45, 2.75) is 75.1 Å². The molecule has 20 heteroatoms. The Labute approximate surface area is 452 Å². The number of carboxylic acids is 1. The van der Waals surface area contributed by atoms with Crippen LogP contribution >= 0.6 is 12.0 Å². The molecule has 19 nitrogen and oxygen atoms in total. The van der Waals surface area contributed by atoms with Crippen molar-refractivity contribution < 1.29 is 57.9 Å². The molecule has 0 fully saturated rings. The van der Waals surface area contributed by atoms with Crippen LogP contribution in [0.5, 0.6) is 17.4 Å². The lowest BCUT2D eigenvalue weighted by molar-refractivity contribution is -0.432. The fourth-order valence-electron chi connectivity index (χ4n) is 7.76. The summed E-state index contributed by atoms with van der Waals surface area (Å²) >= 11 is 0.802. The van der Waals surface area contributed by atoms with E-state index in [1.165, 1.54) is 19.5 Å². The summed E-state index contributed by atoms with van der Waals surface area (Å²) in [6.07, 6.45) is 7.37. The SMILES string of the molecule is COCCNC(=O)C(CCCCNC(=O)CCCOc1cccc(OCCCCCOc2cc(-c3ccccc3)cc(-c3ccccc3)n2)c1CCC(=O)O)NC(=O)c1ccc(N/N=C/c2ccccc2SOOO)nc1. The van der Waals surface area contributed by atoms with Crippen LogP contribution in [0.1, 0.15) is 79.3 Å². The number of ether oxygens (including phenoxy) is 4. The minimum atomic E-state index is -0.938. The fourth-order valence-corrected chi connectivity index (χ4v) is 8.21. The van der Waals surface area contributed by atoms with Crippen LogP contribution < -0.4 is 35.6 Å². The predicted octanol–water partition coefficient (Wildman–Crippen LogP) is 9.34. The van der Waals surface area contributed by atoms with Gasteiger partial charge in [0.1, 0.15) is 23.4 Å². The maximum atomic E-state index is 13.3. The Hall–Kier alpha value is -7.88. The Morgan fingerprint density at radius 1 is 0.701 bits per heavy atom. The van der Waals surface area contributed by atoms with Crippen molar-refractivity contribution in [2.24, 2.45) is 5.10 Å². The molecule has 0 radical (unpaired) electrons. The number of hydrazone groups is 1. The fraction of sp³-hybridized carbons (Fsp3) is 0.316. The minimum Gasteiger partial charge on any atom is -0.493 e. The third kappa shape index (κ3) is 20.6. The number of carbonyl (C=O) groups is 4. The minimum absolute atomic E-state index is 0.104. The first kappa shape index (κ1) is 58.4. The maximum absolute atomic E-state index is 13.3. The van der Waals surface area contributed by atoms with Crippen molar-refractivity contribution in [3.63, 3.8) is 0 Å². The number of hydrogen-bond donors (Lipinski definition) is 6. The molecule has 2 aromatic heterocycles. The number of carbonyl (C=O) groups excluding carboxylic acids is 3. The third-order valence-corrected chi connectivity index (χ3v) is 12.4. The van der Waals surface area contributed by atoms with E-state index in [-0.39, 0.29) is 49.8 Å². The summed E-state index contributed by atoms with van der Waals surface area (Å²) in [6.45, 7) is 2.05. The van der Waals surface area contributed by atoms with Crippen LogP contribution in [0.15, 0.2) is 144 Å². The topological polar surface area (TPSA) is 250 Å². The molecule has 6 rings (SSSR count). The highest BCUT2D eigenvalue weighted by molar-refractivity contribution is 7.94. The van der Waals surface area contributed by atoms with Crippen molar-refractivity contribution in [1.29, 1.82) is 0 Å². The van der Waals surface area contributed by atoms with E-state index in [4.69, 9.17) is 29.2 Å². The lowest BCUT2D eigenvalue weighted by Gasteiger charge is -2.18. The molecule has 2 heterocycles. The van der Waals surface area contributed by atoms with Gasteiger partial charge in [-0.05, 0) is 98.9 Å². The standard InChI is InChI=1S/C57H65N7O12S/c1-71-36-32-59-57(69)47(63-56(68)44-27-29-52(60-39-44)64-61-40-43-21-9-10-25-51(43)77-76-75-70)22-11-12-31-58-53(65)26-16-35-73-50-24-15-23-49(46(50)28-30-55(66)67)72-33-13-4-14-34-74-54-38-45(41-17-5-2-6-18-41)37-48(62-54)42-19-7-3-8-20-42/h2-3,5-10,15,17-21,23-25,27,29,37-40,47,70H,4,11-14,16,22,26,28,30-36H2,1H3,(H,58,65)(H,59,69)(H,60,64)(H,63,68)(H,66,67)/b61-40+. The van der Waals surface area contributed by atoms with Crippen LogP contribution in [0, 0.1) is 0 Å². The third-order valence-electron chi connectivity index (χ3n) is 11.7. The first-order chi connectivity index (χ1) is 37.7. The van der Waals surface area contributed by atoms with Gasteiger partial charge in [-0.25, -0.2) is 15.2 Å². The second-order valence-electron chi connectivity index (χ2n) is 17.4. The number of anilines is 1. The molecule has 0 bridgehead atoms. The van der Waals surface area contributed by atoms with Crippen molar-refractivity contribution in [3.8, 4) is 39.8 Å². The Morgan fingerprint density at radius 3 is 2.13 bits per heavy atom. The molecule has 4 aromatic carbocycles. The number of rotatable bonds is 35. The molecule has 0 aliphatic rings. The molecule has 0 saturated heterocycles. The van der Waals surface area contributed by atoms with Crippen molar-refractivity contribution in [1.82, 2.24) is 25.9 Å². The average Bonchev–Trinajstić information content (AvgIpc) is 3.45. The van der Waals surface area contributed by atoms with Crippen LogP contribution in [-0.2, 0) is 34.9 Å². The summed E-state index contributed by atoms with van der Waals surface area (Å²) in [7, 11) is 1.52. The average molecular weight is 1070 g/mol. The summed E-state index contributed by atoms with van der Waals surface area (Å²) < 4.78 is 28.0. The summed E-state index contributed by atoms with van der Waals surface area (Å²) in [5.41, 5.74) is 8.31. The zero-order valence-electron chi connectivity index (χ0n) is 42.9. The number of aromatic nitrogens is 2. The van der Waals surface area contributed by atoms with Gasteiger partial charge in [-0.15, -0.1) is 4.33 Å². The zero-order valence-corrected chi connectivity index (χ0v) is 43.7. The molecular weight excluding hydrogens is 1010 g/mol. The van der Waals surface area contributed by atoms with Gasteiger partial charge in [-0.1, -0.05) is 90.0 Å². The maximum Gasteiger partial charge on any atom is 0.303 e. The summed E-state index contributed by atoms with van der Waals surface area (Å²) in [6, 6.07) is 39.0. The predicted molar refractivity (Wildman–Crippen MR) is 293 cm³/mol. The van der Waals surface area contributed by atoms with Gasteiger partial charge in [0.05, 0.1) is 55.9 Å². The van der Waals surface area contributed by atoms with Gasteiger partial charge in [0, 0.05) is 66.9 Å². The summed E-state index contributed by atoms with van der Waals surface area (Å²) in [5.74, 6) is 0.0296. The van der Waals surface area contributed by atoms with E-state index in [1.807, 2.05) is 60.7 Å². The number of pyridine rings is 2. The Morgan fingerprint density at radius 2 is 1.42 bits per heavy atom. The van der Waals surface area contributed by atoms with Gasteiger partial charge < -0.3 is 40.0 Å². The molecule has 6 N–H and O–H groups in total. The number of carboxylic acid groups (broad SMARTS) is 1. The number of aliphatic carboxylic acids is 1. The molecule has 0 spiro atoms. The molecule has 77 heavy (non-hydrogen) atoms. The second kappa shape index (κ2) is 33.2. The molecule has 0 saturated carbocycles. The zero-order chi connectivity index (χ0) is 54.3. The number of nitrogens with one attached hydrogen (secondary N) is 4. The number of methoxy groups -OCH3 is 1. The Kier molecular flexibility index (Phi) is 25.2. The van der Waals surface area contributed by atoms with Crippen molar-refractivity contribution in [2.75, 3.05) is 52.1 Å². The van der Waals surface area contributed by atoms with Crippen molar-refractivity contribution in [3.05, 3.63) is 150 Å². The number of hydrogen-bond acceptors (Lipinski definition) is 16. The van der Waals surface area contributed by atoms with E-state index < -0.39 is 17.9 Å². The highest BCUT2D eigenvalue weighted by Crippen LogP contribution is 2.32. The van der Waals surface area contributed by atoms with Gasteiger partial charge in [0.15, 0.2) is 0 Å². The van der Waals surface area contributed by atoms with Crippen LogP contribution in [0.4, 0.5) is 5.82 Å². The lowest BCUT2D eigenvalue weighted by Crippen LogP contribution is -2.47. The quantitative estimate of drug-likeness (QED) is 0.00713. The number of unbranched alkanes of at least 4 members (excludes halogenated alkanes) is 3. The van der Waals surface area contributed by atoms with E-state index in [1.54, 1.807) is 48.5 Å². The van der Waals surface area contributed by atoms with E-state index in [9.17, 15) is 24.3 Å². The lowest BCUT2D eigenvalue weighted by atomic mass is 10.0. The molecular formula is C57H65N7O12S. The molecule has 3 amide bonds. The first-order valence-electron chi connectivity index (χ1n) is 25.4. The van der Waals surface area contributed by atoms with Crippen LogP contribution in [0.25, 0.3) is 22.4 Å². The van der Waals surface area contributed by atoms with Crippen LogP contribution in [0.2, 0.25) is 0 Å². The van der Waals surface area contributed by atoms with Crippen molar-refractivity contribution >= 4 is 47.8 Å². The van der Waals surface area contributed by atoms with E-state index in [0.29, 0.717) is 91.3 Å². The molecule has 0 aliphatic heterocycles. The Bertz CT molecular complexity index is 2730.